The fourth-order valence-corrected chi connectivity index (χ4v) is 1.70. The summed E-state index contributed by atoms with van der Waals surface area (Å²) in [5, 5.41) is 0. The largest absolute Gasteiger partial charge is 0.704 e. The van der Waals surface area contributed by atoms with Crippen molar-refractivity contribution >= 4 is 8.25 Å². The van der Waals surface area contributed by atoms with Crippen LogP contribution in [0.2, 0.25) is 0 Å². The molecule has 0 heterocycles. The second-order valence-corrected chi connectivity index (χ2v) is 4.60. The Kier molecular flexibility index (Phi) is 5.99. The molecule has 0 bridgehead atoms. The summed E-state index contributed by atoms with van der Waals surface area (Å²) in [6.45, 7) is -0.297. The van der Waals surface area contributed by atoms with Gasteiger partial charge in [-0.2, -0.15) is 0 Å². The molecule has 0 atom stereocenters. The van der Waals surface area contributed by atoms with Crippen molar-refractivity contribution in [2.75, 3.05) is 13.6 Å². The molecule has 0 saturated carbocycles. The van der Waals surface area contributed by atoms with Crippen LogP contribution in [0.3, 0.4) is 0 Å². The van der Waals surface area contributed by atoms with Gasteiger partial charge in [-0.3, -0.25) is 0 Å². The molecule has 0 aliphatic rings. The highest BCUT2D eigenvalue weighted by Gasteiger charge is 2.21. The summed E-state index contributed by atoms with van der Waals surface area (Å²) in [7, 11) is -2.27. The average molecular weight is 293 g/mol. The minimum absolute atomic E-state index is 0.148. The Morgan fingerprint density at radius 2 is 1.10 bits per heavy atom. The number of rotatable bonds is 8. The van der Waals surface area contributed by atoms with Crippen LogP contribution in [0.5, 0.6) is 11.5 Å². The first-order chi connectivity index (χ1) is 9.84. The summed E-state index contributed by atoms with van der Waals surface area (Å²) >= 11 is 0. The van der Waals surface area contributed by atoms with Crippen LogP contribution in [0.25, 0.3) is 0 Å². The van der Waals surface area contributed by atoms with E-state index in [2.05, 4.69) is 0 Å². The molecule has 2 rings (SSSR count). The molecule has 2 aromatic carbocycles. The normalized spacial score (nSPS) is 10.0. The van der Waals surface area contributed by atoms with Gasteiger partial charge in [0.25, 0.3) is 0 Å². The molecule has 2 aromatic rings. The van der Waals surface area contributed by atoms with E-state index in [0.29, 0.717) is 11.5 Å². The Labute approximate surface area is 118 Å². The lowest BCUT2D eigenvalue weighted by Crippen LogP contribution is -2.01. The predicted molar refractivity (Wildman–Crippen MR) is 73.7 cm³/mol. The zero-order valence-electron chi connectivity index (χ0n) is 10.7. The Balaban J connectivity index is 1.59. The highest BCUT2D eigenvalue weighted by molar-refractivity contribution is 7.33. The van der Waals surface area contributed by atoms with Gasteiger partial charge >= 0.3 is 8.25 Å². The van der Waals surface area contributed by atoms with Crippen molar-refractivity contribution < 1.29 is 23.1 Å². The number of para-hydroxylation sites is 2. The maximum absolute atomic E-state index is 11.4. The van der Waals surface area contributed by atoms with Gasteiger partial charge in [0.2, 0.25) is 13.6 Å². The van der Waals surface area contributed by atoms with Crippen LogP contribution in [-0.2, 0) is 13.6 Å². The Morgan fingerprint density at radius 3 is 1.50 bits per heavy atom. The first-order valence-electron chi connectivity index (χ1n) is 5.93. The number of hydrogen-bond acceptors (Lipinski definition) is 5. The molecule has 20 heavy (non-hydrogen) atoms. The Morgan fingerprint density at radius 1 is 0.700 bits per heavy atom. The maximum atomic E-state index is 11.4. The summed E-state index contributed by atoms with van der Waals surface area (Å²) < 4.78 is 31.5. The van der Waals surface area contributed by atoms with Gasteiger partial charge in [-0.05, 0) is 24.3 Å². The van der Waals surface area contributed by atoms with Gasteiger partial charge in [0, 0.05) is 4.57 Å². The quantitative estimate of drug-likeness (QED) is 0.548. The summed E-state index contributed by atoms with van der Waals surface area (Å²) in [5.41, 5.74) is 0. The number of ether oxygens (including phenoxy) is 2. The third kappa shape index (κ3) is 5.36. The fourth-order valence-electron chi connectivity index (χ4n) is 1.35. The van der Waals surface area contributed by atoms with Crippen molar-refractivity contribution in [1.29, 1.82) is 0 Å². The second-order valence-electron chi connectivity index (χ2n) is 3.63. The SMILES string of the molecule is O=[P+](OCOc1ccccc1)OCOc1ccccc1. The monoisotopic (exact) mass is 293 g/mol. The first kappa shape index (κ1) is 14.5. The Bertz CT molecular complexity index is 470. The lowest BCUT2D eigenvalue weighted by molar-refractivity contribution is 0.0697. The zero-order chi connectivity index (χ0) is 14.0. The molecule has 104 valence electrons. The molecular weight excluding hydrogens is 279 g/mol. The molecule has 0 radical (unpaired) electrons. The molecule has 0 amide bonds. The molecule has 0 aromatic heterocycles. The van der Waals surface area contributed by atoms with Gasteiger partial charge < -0.3 is 9.47 Å². The molecule has 0 unspecified atom stereocenters. The summed E-state index contributed by atoms with van der Waals surface area (Å²) in [5.74, 6) is 1.27. The van der Waals surface area contributed by atoms with Gasteiger partial charge in [0.05, 0.1) is 0 Å². The standard InChI is InChI=1S/C14H14O5P/c15-20(18-11-16-13-7-3-1-4-8-13)19-12-17-14-9-5-2-6-10-14/h1-10H,11-12H2/q+1. The Hall–Kier alpha value is -1.94. The minimum Gasteiger partial charge on any atom is -0.463 e. The molecular formula is C14H14O5P+. The van der Waals surface area contributed by atoms with Gasteiger partial charge in [-0.25, -0.2) is 0 Å². The van der Waals surface area contributed by atoms with Crippen molar-refractivity contribution in [2.24, 2.45) is 0 Å². The van der Waals surface area contributed by atoms with Crippen molar-refractivity contribution in [3.05, 3.63) is 60.7 Å². The summed E-state index contributed by atoms with van der Waals surface area (Å²) in [6.07, 6.45) is 0. The van der Waals surface area contributed by atoms with Crippen LogP contribution in [0.1, 0.15) is 0 Å². The second kappa shape index (κ2) is 8.27. The highest BCUT2D eigenvalue weighted by atomic mass is 31.1. The molecule has 0 N–H and O–H groups in total. The van der Waals surface area contributed by atoms with E-state index in [1.54, 1.807) is 24.3 Å². The smallest absolute Gasteiger partial charge is 0.463 e. The van der Waals surface area contributed by atoms with Gasteiger partial charge in [-0.15, -0.1) is 0 Å². The summed E-state index contributed by atoms with van der Waals surface area (Å²) in [6, 6.07) is 18.2. The highest BCUT2D eigenvalue weighted by Crippen LogP contribution is 2.24. The van der Waals surface area contributed by atoms with Crippen LogP contribution >= 0.6 is 8.25 Å². The van der Waals surface area contributed by atoms with Gasteiger partial charge in [0.15, 0.2) is 0 Å². The van der Waals surface area contributed by atoms with E-state index in [0.717, 1.165) is 0 Å². The van der Waals surface area contributed by atoms with E-state index >= 15 is 0 Å². The molecule has 0 aliphatic heterocycles. The third-order valence-electron chi connectivity index (χ3n) is 2.25. The van der Waals surface area contributed by atoms with Crippen LogP contribution in [0.15, 0.2) is 60.7 Å². The van der Waals surface area contributed by atoms with E-state index < -0.39 is 8.25 Å². The van der Waals surface area contributed by atoms with Gasteiger partial charge in [0.1, 0.15) is 11.5 Å². The van der Waals surface area contributed by atoms with Crippen LogP contribution in [-0.4, -0.2) is 13.6 Å². The molecule has 0 saturated heterocycles. The molecule has 6 heteroatoms. The molecule has 0 fully saturated rings. The van der Waals surface area contributed by atoms with Crippen molar-refractivity contribution in [1.82, 2.24) is 0 Å². The topological polar surface area (TPSA) is 54.0 Å². The number of benzene rings is 2. The van der Waals surface area contributed by atoms with Gasteiger partial charge in [-0.1, -0.05) is 45.4 Å². The first-order valence-corrected chi connectivity index (χ1v) is 7.03. The molecule has 0 spiro atoms. The van der Waals surface area contributed by atoms with E-state index in [9.17, 15) is 4.57 Å². The lowest BCUT2D eigenvalue weighted by atomic mass is 10.3. The number of hydrogen-bond donors (Lipinski definition) is 0. The summed E-state index contributed by atoms with van der Waals surface area (Å²) in [4.78, 5) is 0. The van der Waals surface area contributed by atoms with Crippen LogP contribution < -0.4 is 9.47 Å². The average Bonchev–Trinajstić information content (AvgIpc) is 2.49. The lowest BCUT2D eigenvalue weighted by Gasteiger charge is -2.01. The van der Waals surface area contributed by atoms with Crippen LogP contribution in [0.4, 0.5) is 0 Å². The molecule has 5 nitrogen and oxygen atoms in total. The third-order valence-corrected chi connectivity index (χ3v) is 2.89. The predicted octanol–water partition coefficient (Wildman–Crippen LogP) is 3.75. The van der Waals surface area contributed by atoms with Crippen molar-refractivity contribution in [2.45, 2.75) is 0 Å². The van der Waals surface area contributed by atoms with Crippen molar-refractivity contribution in [3.63, 3.8) is 0 Å². The maximum Gasteiger partial charge on any atom is 0.704 e. The van der Waals surface area contributed by atoms with Crippen molar-refractivity contribution in [3.8, 4) is 11.5 Å². The van der Waals surface area contributed by atoms with Crippen LogP contribution in [0, 0.1) is 0 Å². The van der Waals surface area contributed by atoms with E-state index in [1.807, 2.05) is 36.4 Å². The fraction of sp³-hybridized carbons (Fsp3) is 0.143. The minimum atomic E-state index is -2.27. The van der Waals surface area contributed by atoms with E-state index in [1.165, 1.54) is 0 Å². The molecule has 0 aliphatic carbocycles. The zero-order valence-corrected chi connectivity index (χ0v) is 11.6. The van der Waals surface area contributed by atoms with E-state index in [4.69, 9.17) is 18.5 Å². The van der Waals surface area contributed by atoms with E-state index in [-0.39, 0.29) is 13.6 Å².